The van der Waals surface area contributed by atoms with Crippen molar-refractivity contribution in [3.63, 3.8) is 0 Å². The van der Waals surface area contributed by atoms with Gasteiger partial charge in [0.05, 0.1) is 29.2 Å². The summed E-state index contributed by atoms with van der Waals surface area (Å²) in [6.45, 7) is 0. The van der Waals surface area contributed by atoms with Crippen LogP contribution in [-0.2, 0) is 11.0 Å². The van der Waals surface area contributed by atoms with Crippen molar-refractivity contribution >= 4 is 40.1 Å². The zero-order valence-electron chi connectivity index (χ0n) is 14.3. The average Bonchev–Trinajstić information content (AvgIpc) is 3.07. The number of ether oxygens (including phenoxy) is 1. The number of hydrogen-bond donors (Lipinski definition) is 1. The highest BCUT2D eigenvalue weighted by Gasteiger charge is 2.33. The van der Waals surface area contributed by atoms with Gasteiger partial charge in [0.25, 0.3) is 0 Å². The van der Waals surface area contributed by atoms with Crippen LogP contribution in [0.5, 0.6) is 5.75 Å². The summed E-state index contributed by atoms with van der Waals surface area (Å²) in [5.74, 6) is -0.523. The Morgan fingerprint density at radius 2 is 2.15 bits per heavy atom. The third-order valence-electron chi connectivity index (χ3n) is 4.22. The summed E-state index contributed by atoms with van der Waals surface area (Å²) >= 11 is 1.10. The fourth-order valence-corrected chi connectivity index (χ4v) is 3.94. The van der Waals surface area contributed by atoms with Gasteiger partial charge in [0.15, 0.2) is 0 Å². The SMILES string of the molecule is COc1ccc(C(F)(F)F)cc1NC(=O)CSC1=NC(=O)N=C2CCCC21. The monoisotopic (exact) mass is 399 g/mol. The number of nitrogens with zero attached hydrogens (tertiary/aromatic N) is 2. The van der Waals surface area contributed by atoms with Crippen LogP contribution in [0.2, 0.25) is 0 Å². The number of thioether (sulfide) groups is 1. The quantitative estimate of drug-likeness (QED) is 0.825. The molecular weight excluding hydrogens is 383 g/mol. The molecule has 0 bridgehead atoms. The van der Waals surface area contributed by atoms with Crippen LogP contribution < -0.4 is 10.1 Å². The third kappa shape index (κ3) is 4.49. The maximum atomic E-state index is 12.9. The van der Waals surface area contributed by atoms with Gasteiger partial charge in [0.1, 0.15) is 5.75 Å². The second kappa shape index (κ2) is 7.71. The van der Waals surface area contributed by atoms with Gasteiger partial charge in [0, 0.05) is 11.6 Å². The fourth-order valence-electron chi connectivity index (χ4n) is 2.99. The lowest BCUT2D eigenvalue weighted by Gasteiger charge is -2.17. The van der Waals surface area contributed by atoms with Gasteiger partial charge in [-0.05, 0) is 37.5 Å². The van der Waals surface area contributed by atoms with Crippen molar-refractivity contribution in [1.29, 1.82) is 0 Å². The number of urea groups is 1. The van der Waals surface area contributed by atoms with E-state index in [1.165, 1.54) is 7.11 Å². The molecule has 27 heavy (non-hydrogen) atoms. The number of carbonyl (C=O) groups is 2. The molecule has 1 atom stereocenters. The molecule has 2 aliphatic rings. The maximum absolute atomic E-state index is 12.9. The minimum atomic E-state index is -4.53. The average molecular weight is 399 g/mol. The molecule has 1 aromatic carbocycles. The van der Waals surface area contributed by atoms with Gasteiger partial charge in [-0.1, -0.05) is 11.8 Å². The highest BCUT2D eigenvalue weighted by atomic mass is 32.2. The molecule has 1 N–H and O–H groups in total. The first-order valence-electron chi connectivity index (χ1n) is 8.16. The summed E-state index contributed by atoms with van der Waals surface area (Å²) < 4.78 is 43.6. The molecule has 1 aliphatic carbocycles. The van der Waals surface area contributed by atoms with Crippen LogP contribution in [0.3, 0.4) is 0 Å². The number of nitrogens with one attached hydrogen (secondary N) is 1. The third-order valence-corrected chi connectivity index (χ3v) is 5.30. The molecule has 6 nitrogen and oxygen atoms in total. The van der Waals surface area contributed by atoms with Gasteiger partial charge >= 0.3 is 12.2 Å². The molecule has 10 heteroatoms. The first-order valence-corrected chi connectivity index (χ1v) is 9.14. The number of amides is 3. The first kappa shape index (κ1) is 19.4. The molecule has 1 heterocycles. The molecule has 0 spiro atoms. The molecule has 1 unspecified atom stereocenters. The van der Waals surface area contributed by atoms with Crippen LogP contribution in [0.15, 0.2) is 28.2 Å². The van der Waals surface area contributed by atoms with Crippen molar-refractivity contribution in [2.45, 2.75) is 25.4 Å². The standard InChI is InChI=1S/C17H16F3N3O3S/c1-26-13-6-5-9(17(18,19)20)7-12(13)21-14(24)8-27-15-10-3-2-4-11(10)22-16(25)23-15/h5-7,10H,2-4,8H2,1H3,(H,21,24). The van der Waals surface area contributed by atoms with Crippen molar-refractivity contribution in [1.82, 2.24) is 0 Å². The Morgan fingerprint density at radius 3 is 2.85 bits per heavy atom. The number of hydrogen-bond acceptors (Lipinski definition) is 4. The summed E-state index contributed by atoms with van der Waals surface area (Å²) in [6, 6.07) is 2.28. The normalized spacial score (nSPS) is 19.3. The van der Waals surface area contributed by atoms with Crippen molar-refractivity contribution in [3.05, 3.63) is 23.8 Å². The highest BCUT2D eigenvalue weighted by Crippen LogP contribution is 2.35. The van der Waals surface area contributed by atoms with Gasteiger partial charge in [-0.25, -0.2) is 9.79 Å². The number of aliphatic imine (C=N–C) groups is 2. The number of anilines is 1. The van der Waals surface area contributed by atoms with Crippen LogP contribution in [0.1, 0.15) is 24.8 Å². The molecule has 3 amide bonds. The van der Waals surface area contributed by atoms with Crippen molar-refractivity contribution in [2.75, 3.05) is 18.2 Å². The first-order chi connectivity index (χ1) is 12.8. The summed E-state index contributed by atoms with van der Waals surface area (Å²) in [6.07, 6.45) is -2.06. The van der Waals surface area contributed by atoms with Crippen LogP contribution in [-0.4, -0.2) is 35.6 Å². The number of methoxy groups -OCH3 is 1. The topological polar surface area (TPSA) is 80.1 Å². The van der Waals surface area contributed by atoms with Crippen LogP contribution >= 0.6 is 11.8 Å². The van der Waals surface area contributed by atoms with E-state index in [0.29, 0.717) is 5.04 Å². The van der Waals surface area contributed by atoms with Gasteiger partial charge in [-0.2, -0.15) is 18.2 Å². The predicted octanol–water partition coefficient (Wildman–Crippen LogP) is 4.16. The summed E-state index contributed by atoms with van der Waals surface area (Å²) in [4.78, 5) is 31.6. The van der Waals surface area contributed by atoms with E-state index in [0.717, 1.165) is 54.9 Å². The zero-order chi connectivity index (χ0) is 19.6. The Bertz CT molecular complexity index is 836. The molecule has 0 radical (unpaired) electrons. The zero-order valence-corrected chi connectivity index (χ0v) is 15.1. The van der Waals surface area contributed by atoms with Crippen LogP contribution in [0.4, 0.5) is 23.7 Å². The Kier molecular flexibility index (Phi) is 5.54. The van der Waals surface area contributed by atoms with Gasteiger partial charge in [0.2, 0.25) is 5.91 Å². The molecule has 0 saturated heterocycles. The number of benzene rings is 1. The van der Waals surface area contributed by atoms with Gasteiger partial charge in [-0.3, -0.25) is 4.79 Å². The van der Waals surface area contributed by atoms with E-state index in [1.54, 1.807) is 0 Å². The van der Waals surface area contributed by atoms with E-state index < -0.39 is 23.7 Å². The number of halogens is 3. The number of fused-ring (bicyclic) bond motifs is 1. The second-order valence-corrected chi connectivity index (χ2v) is 7.03. The predicted molar refractivity (Wildman–Crippen MR) is 96.7 cm³/mol. The van der Waals surface area contributed by atoms with E-state index in [2.05, 4.69) is 15.3 Å². The second-order valence-electron chi connectivity index (χ2n) is 6.03. The molecule has 1 aromatic rings. The van der Waals surface area contributed by atoms with Crippen molar-refractivity contribution in [2.24, 2.45) is 15.9 Å². The molecule has 3 rings (SSSR count). The van der Waals surface area contributed by atoms with E-state index >= 15 is 0 Å². The largest absolute Gasteiger partial charge is 0.495 e. The van der Waals surface area contributed by atoms with E-state index in [-0.39, 0.29) is 23.1 Å². The Hall–Kier alpha value is -2.36. The lowest BCUT2D eigenvalue weighted by atomic mass is 10.1. The minimum absolute atomic E-state index is 0.0383. The Balaban J connectivity index is 1.67. The molecule has 1 fully saturated rings. The lowest BCUT2D eigenvalue weighted by Crippen LogP contribution is -2.24. The van der Waals surface area contributed by atoms with Crippen LogP contribution in [0.25, 0.3) is 0 Å². The Labute approximate surface area is 157 Å². The smallest absolute Gasteiger partial charge is 0.416 e. The maximum Gasteiger partial charge on any atom is 0.416 e. The fraction of sp³-hybridized carbons (Fsp3) is 0.412. The number of rotatable bonds is 4. The Morgan fingerprint density at radius 1 is 1.37 bits per heavy atom. The molecular formula is C17H16F3N3O3S. The molecule has 144 valence electrons. The summed E-state index contributed by atoms with van der Waals surface area (Å²) in [5, 5.41) is 2.97. The molecule has 0 aromatic heterocycles. The molecule has 1 saturated carbocycles. The molecule has 1 aliphatic heterocycles. The van der Waals surface area contributed by atoms with E-state index in [1.807, 2.05) is 0 Å². The summed E-state index contributed by atoms with van der Waals surface area (Å²) in [7, 11) is 1.30. The number of alkyl halides is 3. The van der Waals surface area contributed by atoms with Gasteiger partial charge < -0.3 is 10.1 Å². The van der Waals surface area contributed by atoms with Crippen molar-refractivity contribution in [3.8, 4) is 5.75 Å². The number of carbonyl (C=O) groups excluding carboxylic acids is 2. The van der Waals surface area contributed by atoms with Gasteiger partial charge in [-0.15, -0.1) is 0 Å². The van der Waals surface area contributed by atoms with E-state index in [4.69, 9.17) is 4.74 Å². The van der Waals surface area contributed by atoms with Crippen LogP contribution in [0, 0.1) is 5.92 Å². The lowest BCUT2D eigenvalue weighted by molar-refractivity contribution is -0.137. The van der Waals surface area contributed by atoms with E-state index in [9.17, 15) is 22.8 Å². The minimum Gasteiger partial charge on any atom is -0.495 e. The summed E-state index contributed by atoms with van der Waals surface area (Å²) in [5.41, 5.74) is -0.166. The highest BCUT2D eigenvalue weighted by molar-refractivity contribution is 8.14. The van der Waals surface area contributed by atoms with Crippen molar-refractivity contribution < 1.29 is 27.5 Å².